The van der Waals surface area contributed by atoms with Gasteiger partial charge in [0.15, 0.2) is 5.82 Å². The van der Waals surface area contributed by atoms with E-state index >= 15 is 0 Å². The van der Waals surface area contributed by atoms with Gasteiger partial charge in [-0.2, -0.15) is 8.99 Å². The molecule has 3 aromatic rings. The van der Waals surface area contributed by atoms with Crippen LogP contribution in [0.15, 0.2) is 47.4 Å². The van der Waals surface area contributed by atoms with Crippen molar-refractivity contribution >= 4 is 21.6 Å². The minimum absolute atomic E-state index is 0.157. The van der Waals surface area contributed by atoms with Crippen molar-refractivity contribution in [3.8, 4) is 5.69 Å². The molecule has 1 N–H and O–H groups in total. The van der Waals surface area contributed by atoms with Gasteiger partial charge in [-0.05, 0) is 59.8 Å². The molecule has 0 atom stereocenters. The standard InChI is InChI=1S/C17H16F2N6O3S/c1-11-21-22-23-25(11)13-5-8-15(19)16(9-13)20-17(26)10-24(2)29(27,28)14-6-3-12(18)4-7-14/h3-9H,10H2,1-2H3,(H,20,26). The Morgan fingerprint density at radius 1 is 1.17 bits per heavy atom. The second-order valence-corrected chi connectivity index (χ2v) is 8.11. The predicted molar refractivity (Wildman–Crippen MR) is 98.7 cm³/mol. The number of nitrogens with zero attached hydrogens (tertiary/aromatic N) is 5. The lowest BCUT2D eigenvalue weighted by atomic mass is 10.2. The molecular weight excluding hydrogens is 406 g/mol. The van der Waals surface area contributed by atoms with Gasteiger partial charge < -0.3 is 5.32 Å². The van der Waals surface area contributed by atoms with Gasteiger partial charge in [0.25, 0.3) is 0 Å². The monoisotopic (exact) mass is 422 g/mol. The first kappa shape index (κ1) is 20.5. The number of anilines is 1. The Hall–Kier alpha value is -3.25. The van der Waals surface area contributed by atoms with Crippen molar-refractivity contribution in [1.82, 2.24) is 24.5 Å². The smallest absolute Gasteiger partial charge is 0.243 e. The van der Waals surface area contributed by atoms with Crippen molar-refractivity contribution < 1.29 is 22.0 Å². The molecule has 0 aliphatic carbocycles. The van der Waals surface area contributed by atoms with Crippen molar-refractivity contribution in [2.75, 3.05) is 18.9 Å². The summed E-state index contributed by atoms with van der Waals surface area (Å²) in [6.07, 6.45) is 0. The summed E-state index contributed by atoms with van der Waals surface area (Å²) in [4.78, 5) is 12.1. The van der Waals surface area contributed by atoms with Crippen LogP contribution >= 0.6 is 0 Å². The molecule has 0 bridgehead atoms. The van der Waals surface area contributed by atoms with Gasteiger partial charge in [-0.25, -0.2) is 17.2 Å². The van der Waals surface area contributed by atoms with Gasteiger partial charge in [0.1, 0.15) is 11.6 Å². The molecule has 0 spiro atoms. The van der Waals surface area contributed by atoms with Crippen molar-refractivity contribution in [3.63, 3.8) is 0 Å². The molecule has 29 heavy (non-hydrogen) atoms. The number of sulfonamides is 1. The SMILES string of the molecule is Cc1nnnn1-c1ccc(F)c(NC(=O)CN(C)S(=O)(=O)c2ccc(F)cc2)c1. The van der Waals surface area contributed by atoms with Crippen molar-refractivity contribution in [2.45, 2.75) is 11.8 Å². The fourth-order valence-electron chi connectivity index (χ4n) is 2.47. The van der Waals surface area contributed by atoms with Crippen molar-refractivity contribution in [3.05, 3.63) is 59.9 Å². The molecule has 0 fully saturated rings. The first-order valence-electron chi connectivity index (χ1n) is 8.25. The van der Waals surface area contributed by atoms with Gasteiger partial charge in [-0.3, -0.25) is 4.79 Å². The highest BCUT2D eigenvalue weighted by Crippen LogP contribution is 2.20. The van der Waals surface area contributed by atoms with Crippen LogP contribution in [0.4, 0.5) is 14.5 Å². The van der Waals surface area contributed by atoms with E-state index < -0.39 is 34.1 Å². The number of benzene rings is 2. The van der Waals surface area contributed by atoms with Crippen LogP contribution in [0, 0.1) is 18.6 Å². The molecule has 2 aromatic carbocycles. The summed E-state index contributed by atoms with van der Waals surface area (Å²) in [5.41, 5.74) is 0.256. The number of amides is 1. The van der Waals surface area contributed by atoms with Gasteiger partial charge in [0, 0.05) is 7.05 Å². The third-order valence-corrected chi connectivity index (χ3v) is 5.80. The van der Waals surface area contributed by atoms with E-state index in [-0.39, 0.29) is 10.6 Å². The molecule has 152 valence electrons. The molecule has 1 amide bonds. The maximum Gasteiger partial charge on any atom is 0.243 e. The fourth-order valence-corrected chi connectivity index (χ4v) is 3.60. The van der Waals surface area contributed by atoms with Crippen LogP contribution < -0.4 is 5.32 Å². The number of halogens is 2. The van der Waals surface area contributed by atoms with Gasteiger partial charge in [-0.1, -0.05) is 0 Å². The Balaban J connectivity index is 1.75. The maximum absolute atomic E-state index is 14.1. The first-order valence-corrected chi connectivity index (χ1v) is 9.69. The van der Waals surface area contributed by atoms with Gasteiger partial charge in [0.05, 0.1) is 22.8 Å². The number of carbonyl (C=O) groups is 1. The van der Waals surface area contributed by atoms with Crippen LogP contribution in [0.1, 0.15) is 5.82 Å². The highest BCUT2D eigenvalue weighted by Gasteiger charge is 2.23. The quantitative estimate of drug-likeness (QED) is 0.645. The molecular formula is C17H16F2N6O3S. The summed E-state index contributed by atoms with van der Waals surface area (Å²) in [5, 5.41) is 13.3. The normalized spacial score (nSPS) is 11.6. The zero-order valence-electron chi connectivity index (χ0n) is 15.4. The van der Waals surface area contributed by atoms with Crippen LogP contribution in [0.5, 0.6) is 0 Å². The lowest BCUT2D eigenvalue weighted by Gasteiger charge is -2.17. The molecule has 0 radical (unpaired) electrons. The Morgan fingerprint density at radius 2 is 1.86 bits per heavy atom. The average molecular weight is 422 g/mol. The van der Waals surface area contributed by atoms with Crippen LogP contribution in [-0.2, 0) is 14.8 Å². The van der Waals surface area contributed by atoms with Gasteiger partial charge in [0.2, 0.25) is 15.9 Å². The molecule has 3 rings (SSSR count). The van der Waals surface area contributed by atoms with Gasteiger partial charge >= 0.3 is 0 Å². The minimum atomic E-state index is -4.02. The fraction of sp³-hybridized carbons (Fsp3) is 0.176. The number of tetrazole rings is 1. The number of aryl methyl sites for hydroxylation is 1. The van der Waals surface area contributed by atoms with E-state index in [2.05, 4.69) is 20.8 Å². The zero-order chi connectivity index (χ0) is 21.2. The van der Waals surface area contributed by atoms with E-state index in [9.17, 15) is 22.0 Å². The van der Waals surface area contributed by atoms with E-state index in [0.717, 1.165) is 34.6 Å². The average Bonchev–Trinajstić information content (AvgIpc) is 3.09. The number of hydrogen-bond donors (Lipinski definition) is 1. The maximum atomic E-state index is 14.1. The topological polar surface area (TPSA) is 110 Å². The number of likely N-dealkylation sites (N-methyl/N-ethyl adjacent to an activating group) is 1. The van der Waals surface area contributed by atoms with Crippen LogP contribution in [0.25, 0.3) is 5.69 Å². The lowest BCUT2D eigenvalue weighted by Crippen LogP contribution is -2.35. The van der Waals surface area contributed by atoms with E-state index in [1.54, 1.807) is 6.92 Å². The van der Waals surface area contributed by atoms with Crippen LogP contribution in [0.3, 0.4) is 0 Å². The molecule has 1 heterocycles. The highest BCUT2D eigenvalue weighted by atomic mass is 32.2. The van der Waals surface area contributed by atoms with E-state index in [0.29, 0.717) is 11.5 Å². The molecule has 0 aliphatic heterocycles. The predicted octanol–water partition coefficient (Wildman–Crippen LogP) is 1.51. The minimum Gasteiger partial charge on any atom is -0.322 e. The lowest BCUT2D eigenvalue weighted by molar-refractivity contribution is -0.116. The highest BCUT2D eigenvalue weighted by molar-refractivity contribution is 7.89. The number of nitrogens with one attached hydrogen (secondary N) is 1. The Kier molecular flexibility index (Phi) is 5.66. The Bertz CT molecular complexity index is 1150. The summed E-state index contributed by atoms with van der Waals surface area (Å²) in [5.74, 6) is -1.60. The summed E-state index contributed by atoms with van der Waals surface area (Å²) >= 11 is 0. The summed E-state index contributed by atoms with van der Waals surface area (Å²) in [6.45, 7) is 1.07. The molecule has 0 unspecified atom stereocenters. The Labute approximate surface area is 165 Å². The first-order chi connectivity index (χ1) is 13.7. The molecule has 9 nitrogen and oxygen atoms in total. The second-order valence-electron chi connectivity index (χ2n) is 6.07. The molecule has 1 aromatic heterocycles. The summed E-state index contributed by atoms with van der Waals surface area (Å²) in [7, 11) is -2.83. The number of hydrogen-bond acceptors (Lipinski definition) is 6. The molecule has 0 aliphatic rings. The van der Waals surface area contributed by atoms with Crippen LogP contribution in [0.2, 0.25) is 0 Å². The summed E-state index contributed by atoms with van der Waals surface area (Å²) < 4.78 is 54.2. The Morgan fingerprint density at radius 3 is 2.48 bits per heavy atom. The van der Waals surface area contributed by atoms with E-state index in [1.807, 2.05) is 0 Å². The van der Waals surface area contributed by atoms with Gasteiger partial charge in [-0.15, -0.1) is 5.10 Å². The molecule has 12 heteroatoms. The summed E-state index contributed by atoms with van der Waals surface area (Å²) in [6, 6.07) is 8.08. The van der Waals surface area contributed by atoms with Crippen LogP contribution in [-0.4, -0.2) is 52.4 Å². The largest absolute Gasteiger partial charge is 0.322 e. The van der Waals surface area contributed by atoms with Crippen molar-refractivity contribution in [2.24, 2.45) is 0 Å². The number of carbonyl (C=O) groups excluding carboxylic acids is 1. The third kappa shape index (κ3) is 4.43. The zero-order valence-corrected chi connectivity index (χ0v) is 16.2. The number of aromatic nitrogens is 4. The number of rotatable bonds is 6. The molecule has 0 saturated carbocycles. The van der Waals surface area contributed by atoms with E-state index in [1.165, 1.54) is 23.9 Å². The molecule has 0 saturated heterocycles. The third-order valence-electron chi connectivity index (χ3n) is 3.98. The van der Waals surface area contributed by atoms with E-state index in [4.69, 9.17) is 0 Å². The van der Waals surface area contributed by atoms with Crippen molar-refractivity contribution in [1.29, 1.82) is 0 Å². The second kappa shape index (κ2) is 8.01.